The Balaban J connectivity index is 1.81. The minimum Gasteiger partial charge on any atom is -0.305 e. The fourth-order valence-corrected chi connectivity index (χ4v) is 2.42. The Hall–Kier alpha value is -0.120. The summed E-state index contributed by atoms with van der Waals surface area (Å²) in [6.45, 7) is 2.02. The predicted molar refractivity (Wildman–Crippen MR) is 52.1 cm³/mol. The molecule has 76 valence electrons. The van der Waals surface area contributed by atoms with Crippen LogP contribution < -0.4 is 5.90 Å². The maximum atomic E-state index is 5.06. The van der Waals surface area contributed by atoms with Gasteiger partial charge in [-0.15, -0.1) is 0 Å². The van der Waals surface area contributed by atoms with Crippen LogP contribution in [0.3, 0.4) is 0 Å². The van der Waals surface area contributed by atoms with E-state index in [1.807, 2.05) is 0 Å². The highest BCUT2D eigenvalue weighted by molar-refractivity contribution is 4.90. The van der Waals surface area contributed by atoms with E-state index in [1.54, 1.807) is 0 Å². The lowest BCUT2D eigenvalue weighted by molar-refractivity contribution is 0.0767. The van der Waals surface area contributed by atoms with Gasteiger partial charge in [0.15, 0.2) is 0 Å². The van der Waals surface area contributed by atoms with E-state index in [1.165, 1.54) is 38.6 Å². The number of rotatable bonds is 4. The van der Waals surface area contributed by atoms with Crippen molar-refractivity contribution in [1.82, 2.24) is 4.90 Å². The SMILES string of the molecule is NOCCC1CCCCN1C1CC1. The van der Waals surface area contributed by atoms with E-state index in [9.17, 15) is 0 Å². The molecule has 3 heteroatoms. The van der Waals surface area contributed by atoms with Gasteiger partial charge in [-0.2, -0.15) is 0 Å². The van der Waals surface area contributed by atoms with Crippen LogP contribution in [0.2, 0.25) is 0 Å². The number of piperidine rings is 1. The number of nitrogens with two attached hydrogens (primary N) is 1. The van der Waals surface area contributed by atoms with Gasteiger partial charge in [0.2, 0.25) is 0 Å². The number of nitrogens with zero attached hydrogens (tertiary/aromatic N) is 1. The first-order chi connectivity index (χ1) is 6.42. The van der Waals surface area contributed by atoms with Gasteiger partial charge in [-0.3, -0.25) is 4.90 Å². The van der Waals surface area contributed by atoms with Crippen LogP contribution in [0.4, 0.5) is 0 Å². The smallest absolute Gasteiger partial charge is 0.0694 e. The summed E-state index contributed by atoms with van der Waals surface area (Å²) in [5.74, 6) is 5.06. The molecule has 0 radical (unpaired) electrons. The summed E-state index contributed by atoms with van der Waals surface area (Å²) in [5.41, 5.74) is 0. The maximum Gasteiger partial charge on any atom is 0.0694 e. The fourth-order valence-electron chi connectivity index (χ4n) is 2.42. The Morgan fingerprint density at radius 3 is 2.77 bits per heavy atom. The molecule has 0 spiro atoms. The van der Waals surface area contributed by atoms with Gasteiger partial charge in [0, 0.05) is 12.1 Å². The molecule has 2 N–H and O–H groups in total. The highest BCUT2D eigenvalue weighted by Crippen LogP contribution is 2.33. The van der Waals surface area contributed by atoms with E-state index in [0.717, 1.165) is 18.5 Å². The third-order valence-corrected chi connectivity index (χ3v) is 3.26. The van der Waals surface area contributed by atoms with Crippen molar-refractivity contribution in [3.63, 3.8) is 0 Å². The molecule has 13 heavy (non-hydrogen) atoms. The van der Waals surface area contributed by atoms with Crippen LogP contribution in [0.5, 0.6) is 0 Å². The molecule has 1 unspecified atom stereocenters. The van der Waals surface area contributed by atoms with Crippen molar-refractivity contribution in [3.05, 3.63) is 0 Å². The largest absolute Gasteiger partial charge is 0.305 e. The van der Waals surface area contributed by atoms with Crippen molar-refractivity contribution >= 4 is 0 Å². The molecular formula is C10H20N2O. The summed E-state index contributed by atoms with van der Waals surface area (Å²) in [6, 6.07) is 1.66. The first kappa shape index (κ1) is 9.44. The van der Waals surface area contributed by atoms with Crippen molar-refractivity contribution in [2.75, 3.05) is 13.2 Å². The zero-order valence-corrected chi connectivity index (χ0v) is 8.24. The van der Waals surface area contributed by atoms with Crippen LogP contribution >= 0.6 is 0 Å². The fraction of sp³-hybridized carbons (Fsp3) is 1.00. The topological polar surface area (TPSA) is 38.5 Å². The van der Waals surface area contributed by atoms with E-state index in [4.69, 9.17) is 5.90 Å². The molecule has 1 aliphatic carbocycles. The summed E-state index contributed by atoms with van der Waals surface area (Å²) >= 11 is 0. The molecule has 1 saturated heterocycles. The van der Waals surface area contributed by atoms with Gasteiger partial charge >= 0.3 is 0 Å². The Morgan fingerprint density at radius 1 is 1.23 bits per heavy atom. The lowest BCUT2D eigenvalue weighted by atomic mass is 9.99. The van der Waals surface area contributed by atoms with E-state index in [-0.39, 0.29) is 0 Å². The van der Waals surface area contributed by atoms with Gasteiger partial charge in [-0.1, -0.05) is 6.42 Å². The average molecular weight is 184 g/mol. The second kappa shape index (κ2) is 4.40. The second-order valence-corrected chi connectivity index (χ2v) is 4.28. The van der Waals surface area contributed by atoms with E-state index >= 15 is 0 Å². The molecule has 0 aromatic heterocycles. The zero-order chi connectivity index (χ0) is 9.10. The predicted octanol–water partition coefficient (Wildman–Crippen LogP) is 1.28. The van der Waals surface area contributed by atoms with Gasteiger partial charge in [-0.25, -0.2) is 5.90 Å². The highest BCUT2D eigenvalue weighted by atomic mass is 16.6. The van der Waals surface area contributed by atoms with E-state index in [2.05, 4.69) is 9.74 Å². The molecule has 0 bridgehead atoms. The molecule has 1 atom stereocenters. The van der Waals surface area contributed by atoms with Crippen LogP contribution in [0.15, 0.2) is 0 Å². The maximum absolute atomic E-state index is 5.06. The summed E-state index contributed by atoms with van der Waals surface area (Å²) in [5, 5.41) is 0. The minimum absolute atomic E-state index is 0.716. The molecule has 2 fully saturated rings. The molecule has 1 heterocycles. The lowest BCUT2D eigenvalue weighted by Crippen LogP contribution is -2.41. The third kappa shape index (κ3) is 2.42. The normalized spacial score (nSPS) is 30.7. The molecule has 3 nitrogen and oxygen atoms in total. The monoisotopic (exact) mass is 184 g/mol. The zero-order valence-electron chi connectivity index (χ0n) is 8.24. The van der Waals surface area contributed by atoms with Gasteiger partial charge in [0.05, 0.1) is 6.61 Å². The van der Waals surface area contributed by atoms with Gasteiger partial charge in [0.25, 0.3) is 0 Å². The molecule has 2 rings (SSSR count). The summed E-state index contributed by atoms with van der Waals surface area (Å²) < 4.78 is 0. The first-order valence-electron chi connectivity index (χ1n) is 5.49. The standard InChI is InChI=1S/C10H20N2O/c11-13-8-6-9-3-1-2-7-12(9)10-4-5-10/h9-10H,1-8,11H2. The Labute approximate surface area is 80.2 Å². The van der Waals surface area contributed by atoms with Crippen molar-refractivity contribution in [2.45, 2.75) is 50.6 Å². The number of likely N-dealkylation sites (tertiary alicyclic amines) is 1. The molecule has 1 aliphatic heterocycles. The van der Waals surface area contributed by atoms with Crippen LogP contribution in [0.25, 0.3) is 0 Å². The highest BCUT2D eigenvalue weighted by Gasteiger charge is 2.34. The first-order valence-corrected chi connectivity index (χ1v) is 5.49. The molecular weight excluding hydrogens is 164 g/mol. The number of hydrogen-bond donors (Lipinski definition) is 1. The molecule has 1 saturated carbocycles. The van der Waals surface area contributed by atoms with Crippen LogP contribution in [-0.4, -0.2) is 30.1 Å². The Kier molecular flexibility index (Phi) is 3.19. The molecule has 0 aromatic rings. The average Bonchev–Trinajstić information content (AvgIpc) is 2.98. The van der Waals surface area contributed by atoms with Crippen molar-refractivity contribution in [1.29, 1.82) is 0 Å². The van der Waals surface area contributed by atoms with Crippen molar-refractivity contribution < 1.29 is 4.84 Å². The van der Waals surface area contributed by atoms with Gasteiger partial charge in [0.1, 0.15) is 0 Å². The molecule has 0 aromatic carbocycles. The van der Waals surface area contributed by atoms with Crippen molar-refractivity contribution in [3.8, 4) is 0 Å². The quantitative estimate of drug-likeness (QED) is 0.669. The number of hydrogen-bond acceptors (Lipinski definition) is 3. The second-order valence-electron chi connectivity index (χ2n) is 4.28. The van der Waals surface area contributed by atoms with Crippen LogP contribution in [0.1, 0.15) is 38.5 Å². The minimum atomic E-state index is 0.716. The van der Waals surface area contributed by atoms with Gasteiger partial charge in [-0.05, 0) is 38.6 Å². The third-order valence-electron chi connectivity index (χ3n) is 3.26. The summed E-state index contributed by atoms with van der Waals surface area (Å²) in [4.78, 5) is 7.35. The summed E-state index contributed by atoms with van der Waals surface area (Å²) in [7, 11) is 0. The molecule has 2 aliphatic rings. The Bertz CT molecular complexity index is 159. The van der Waals surface area contributed by atoms with E-state index in [0.29, 0.717) is 6.61 Å². The summed E-state index contributed by atoms with van der Waals surface area (Å²) in [6.07, 6.45) is 8.07. The van der Waals surface area contributed by atoms with Crippen LogP contribution in [-0.2, 0) is 4.84 Å². The van der Waals surface area contributed by atoms with Crippen LogP contribution in [0, 0.1) is 0 Å². The molecule has 0 amide bonds. The van der Waals surface area contributed by atoms with Gasteiger partial charge < -0.3 is 4.84 Å². The lowest BCUT2D eigenvalue weighted by Gasteiger charge is -2.35. The van der Waals surface area contributed by atoms with E-state index < -0.39 is 0 Å². The van der Waals surface area contributed by atoms with Crippen molar-refractivity contribution in [2.24, 2.45) is 5.90 Å². The Morgan fingerprint density at radius 2 is 2.08 bits per heavy atom.